The molecule has 0 N–H and O–H groups in total. The van der Waals surface area contributed by atoms with Crippen molar-refractivity contribution in [3.8, 4) is 0 Å². The lowest BCUT2D eigenvalue weighted by Gasteiger charge is -2.32. The summed E-state index contributed by atoms with van der Waals surface area (Å²) in [5, 5.41) is 0. The highest BCUT2D eigenvalue weighted by Gasteiger charge is 2.34. The van der Waals surface area contributed by atoms with Gasteiger partial charge in [0.25, 0.3) is 5.91 Å². The first-order valence-corrected chi connectivity index (χ1v) is 11.3. The molecule has 0 unspecified atom stereocenters. The molecule has 1 saturated heterocycles. The normalized spacial score (nSPS) is 19.2. The summed E-state index contributed by atoms with van der Waals surface area (Å²) in [6.45, 7) is 9.71. The molecule has 0 aliphatic carbocycles. The van der Waals surface area contributed by atoms with E-state index < -0.39 is 0 Å². The van der Waals surface area contributed by atoms with Gasteiger partial charge in [0, 0.05) is 44.7 Å². The van der Waals surface area contributed by atoms with Gasteiger partial charge in [0.2, 0.25) is 0 Å². The van der Waals surface area contributed by atoms with Crippen molar-refractivity contribution in [2.24, 2.45) is 5.92 Å². The molecule has 166 valence electrons. The number of fused-ring (bicyclic) bond motifs is 1. The largest absolute Gasteiger partial charge is 0.466 e. The van der Waals surface area contributed by atoms with E-state index in [-0.39, 0.29) is 17.8 Å². The van der Waals surface area contributed by atoms with Crippen LogP contribution in [-0.4, -0.2) is 47.9 Å². The quantitative estimate of drug-likeness (QED) is 0.682. The Morgan fingerprint density at radius 2 is 1.94 bits per heavy atom. The van der Waals surface area contributed by atoms with Crippen LogP contribution in [0.25, 0.3) is 0 Å². The lowest BCUT2D eigenvalue weighted by Crippen LogP contribution is -2.43. The fourth-order valence-electron chi connectivity index (χ4n) is 4.72. The van der Waals surface area contributed by atoms with Crippen molar-refractivity contribution in [3.05, 3.63) is 58.0 Å². The molecule has 1 aromatic heterocycles. The lowest BCUT2D eigenvalue weighted by molar-refractivity contribution is -0.149. The van der Waals surface area contributed by atoms with Gasteiger partial charge in [-0.1, -0.05) is 29.8 Å². The summed E-state index contributed by atoms with van der Waals surface area (Å²) in [6, 6.07) is 8.61. The van der Waals surface area contributed by atoms with Gasteiger partial charge in [-0.05, 0) is 39.2 Å². The first kappa shape index (κ1) is 21.6. The Kier molecular flexibility index (Phi) is 6.46. The van der Waals surface area contributed by atoms with Crippen LogP contribution in [0.1, 0.15) is 58.3 Å². The minimum Gasteiger partial charge on any atom is -0.466 e. The van der Waals surface area contributed by atoms with Crippen LogP contribution in [0, 0.1) is 19.8 Å². The van der Waals surface area contributed by atoms with Crippen LogP contribution < -0.4 is 0 Å². The number of aryl methyl sites for hydroxylation is 2. The Labute approximate surface area is 184 Å². The maximum absolute atomic E-state index is 13.5. The van der Waals surface area contributed by atoms with Gasteiger partial charge in [0.05, 0.1) is 18.1 Å². The van der Waals surface area contributed by atoms with E-state index in [2.05, 4.69) is 36.1 Å². The first-order valence-electron chi connectivity index (χ1n) is 11.3. The maximum Gasteiger partial charge on any atom is 0.310 e. The van der Waals surface area contributed by atoms with Crippen molar-refractivity contribution in [1.82, 2.24) is 9.80 Å². The van der Waals surface area contributed by atoms with Crippen LogP contribution in [0.2, 0.25) is 0 Å². The molecule has 1 atom stereocenters. The lowest BCUT2D eigenvalue weighted by atomic mass is 9.96. The summed E-state index contributed by atoms with van der Waals surface area (Å²) in [7, 11) is 0. The molecule has 1 fully saturated rings. The van der Waals surface area contributed by atoms with Gasteiger partial charge in [-0.2, -0.15) is 0 Å². The number of nitrogens with zero attached hydrogens (tertiary/aromatic N) is 2. The number of furan rings is 1. The highest BCUT2D eigenvalue weighted by atomic mass is 16.5. The molecule has 6 nitrogen and oxygen atoms in total. The van der Waals surface area contributed by atoms with E-state index in [1.54, 1.807) is 0 Å². The summed E-state index contributed by atoms with van der Waals surface area (Å²) in [4.78, 5) is 29.9. The van der Waals surface area contributed by atoms with Crippen LogP contribution in [0.3, 0.4) is 0 Å². The molecule has 0 spiro atoms. The number of hydrogen-bond donors (Lipinski definition) is 0. The Bertz CT molecular complexity index is 947. The molecule has 2 aliphatic rings. The van der Waals surface area contributed by atoms with E-state index in [0.29, 0.717) is 37.6 Å². The topological polar surface area (TPSA) is 63.0 Å². The third kappa shape index (κ3) is 4.69. The number of benzene rings is 1. The van der Waals surface area contributed by atoms with Gasteiger partial charge in [0.15, 0.2) is 0 Å². The number of likely N-dealkylation sites (tertiary alicyclic amines) is 1. The number of piperidine rings is 1. The average Bonchev–Trinajstić information content (AvgIpc) is 3.10. The van der Waals surface area contributed by atoms with Crippen LogP contribution in [-0.2, 0) is 29.0 Å². The van der Waals surface area contributed by atoms with Crippen molar-refractivity contribution in [2.45, 2.75) is 53.1 Å². The molecular weight excluding hydrogens is 392 g/mol. The first-order chi connectivity index (χ1) is 15.0. The predicted molar refractivity (Wildman–Crippen MR) is 118 cm³/mol. The molecule has 31 heavy (non-hydrogen) atoms. The molecule has 2 aromatic rings. The number of carbonyl (C=O) groups excluding carboxylic acids is 2. The molecule has 1 aromatic carbocycles. The molecule has 6 heteroatoms. The van der Waals surface area contributed by atoms with E-state index in [9.17, 15) is 9.59 Å². The van der Waals surface area contributed by atoms with Crippen LogP contribution in [0.4, 0.5) is 0 Å². The number of esters is 1. The number of ether oxygens (including phenoxy) is 1. The van der Waals surface area contributed by atoms with Gasteiger partial charge in [0.1, 0.15) is 11.5 Å². The molecule has 0 radical (unpaired) electrons. The molecule has 2 aliphatic heterocycles. The Morgan fingerprint density at radius 1 is 1.16 bits per heavy atom. The summed E-state index contributed by atoms with van der Waals surface area (Å²) in [5.74, 6) is 1.16. The minimum absolute atomic E-state index is 0.0197. The Balaban J connectivity index is 1.50. The van der Waals surface area contributed by atoms with Gasteiger partial charge in [-0.3, -0.25) is 14.5 Å². The van der Waals surface area contributed by atoms with Gasteiger partial charge in [-0.15, -0.1) is 0 Å². The zero-order valence-electron chi connectivity index (χ0n) is 18.8. The molecule has 4 rings (SSSR count). The molecule has 1 amide bonds. The van der Waals surface area contributed by atoms with Crippen molar-refractivity contribution in [3.63, 3.8) is 0 Å². The second-order valence-corrected chi connectivity index (χ2v) is 8.72. The number of amides is 1. The van der Waals surface area contributed by atoms with E-state index in [0.717, 1.165) is 43.7 Å². The predicted octanol–water partition coefficient (Wildman–Crippen LogP) is 3.87. The highest BCUT2D eigenvalue weighted by Crippen LogP contribution is 2.31. The van der Waals surface area contributed by atoms with E-state index in [1.165, 1.54) is 11.1 Å². The number of hydrogen-bond acceptors (Lipinski definition) is 5. The average molecular weight is 425 g/mol. The van der Waals surface area contributed by atoms with E-state index in [1.807, 2.05) is 18.7 Å². The minimum atomic E-state index is -0.237. The van der Waals surface area contributed by atoms with Crippen molar-refractivity contribution in [2.75, 3.05) is 26.2 Å². The molecule has 0 saturated carbocycles. The monoisotopic (exact) mass is 424 g/mol. The van der Waals surface area contributed by atoms with E-state index >= 15 is 0 Å². The summed E-state index contributed by atoms with van der Waals surface area (Å²) >= 11 is 0. The third-order valence-corrected chi connectivity index (χ3v) is 6.37. The fourth-order valence-corrected chi connectivity index (χ4v) is 4.72. The van der Waals surface area contributed by atoms with Crippen molar-refractivity contribution in [1.29, 1.82) is 0 Å². The van der Waals surface area contributed by atoms with Crippen LogP contribution in [0.5, 0.6) is 0 Å². The second-order valence-electron chi connectivity index (χ2n) is 8.72. The van der Waals surface area contributed by atoms with E-state index in [4.69, 9.17) is 9.15 Å². The smallest absolute Gasteiger partial charge is 0.310 e. The molecule has 0 bridgehead atoms. The van der Waals surface area contributed by atoms with Gasteiger partial charge >= 0.3 is 5.97 Å². The summed E-state index contributed by atoms with van der Waals surface area (Å²) < 4.78 is 11.2. The summed E-state index contributed by atoms with van der Waals surface area (Å²) in [5.41, 5.74) is 4.23. The van der Waals surface area contributed by atoms with Gasteiger partial charge in [-0.25, -0.2) is 0 Å². The Hall–Kier alpha value is -2.60. The zero-order chi connectivity index (χ0) is 22.0. The number of carbonyl (C=O) groups is 2. The highest BCUT2D eigenvalue weighted by molar-refractivity contribution is 5.97. The zero-order valence-corrected chi connectivity index (χ0v) is 18.8. The molecular formula is C25H32N2O4. The SMILES string of the molecule is CCOC(=O)[C@@H]1CCCN(C(=O)c2c(C)oc3c2CN(Cc2ccc(C)cc2)CC3)C1. The second kappa shape index (κ2) is 9.27. The summed E-state index contributed by atoms with van der Waals surface area (Å²) in [6.07, 6.45) is 2.39. The Morgan fingerprint density at radius 3 is 2.68 bits per heavy atom. The van der Waals surface area contributed by atoms with Crippen molar-refractivity contribution < 1.29 is 18.7 Å². The van der Waals surface area contributed by atoms with Crippen LogP contribution >= 0.6 is 0 Å². The third-order valence-electron chi connectivity index (χ3n) is 6.37. The maximum atomic E-state index is 13.5. The fraction of sp³-hybridized carbons (Fsp3) is 0.520. The van der Waals surface area contributed by atoms with Crippen molar-refractivity contribution >= 4 is 11.9 Å². The number of rotatable bonds is 5. The van der Waals surface area contributed by atoms with Gasteiger partial charge < -0.3 is 14.1 Å². The standard InChI is InChI=1S/C25H32N2O4/c1-4-30-25(29)20-6-5-12-27(15-20)24(28)23-18(3)31-22-11-13-26(16-21(22)23)14-19-9-7-17(2)8-10-19/h7-10,20H,4-6,11-16H2,1-3H3/t20-/m1/s1. The van der Waals surface area contributed by atoms with Crippen LogP contribution in [0.15, 0.2) is 28.7 Å². The molecule has 3 heterocycles.